The van der Waals surface area contributed by atoms with Gasteiger partial charge >= 0.3 is 0 Å². The first-order valence-electron chi connectivity index (χ1n) is 10.2. The zero-order chi connectivity index (χ0) is 24.7. The highest BCUT2D eigenvalue weighted by Gasteiger charge is 2.17. The van der Waals surface area contributed by atoms with E-state index in [1.54, 1.807) is 36.4 Å². The van der Waals surface area contributed by atoms with E-state index >= 15 is 0 Å². The van der Waals surface area contributed by atoms with E-state index in [9.17, 15) is 18.0 Å². The molecule has 0 aliphatic carbocycles. The fraction of sp³-hybridized carbons (Fsp3) is 0.167. The molecular formula is C24H25N3O6S. The molecule has 0 saturated carbocycles. The SMILES string of the molecule is COc1ccc(C)cc1NC(=O)CNC(=O)c1ccc(S(=O)(=O)Nc2ccccc2OC)cc1. The van der Waals surface area contributed by atoms with Crippen LogP contribution < -0.4 is 24.8 Å². The second kappa shape index (κ2) is 10.7. The van der Waals surface area contributed by atoms with Crippen LogP contribution in [-0.4, -0.2) is 41.0 Å². The second-order valence-electron chi connectivity index (χ2n) is 7.26. The highest BCUT2D eigenvalue weighted by Crippen LogP contribution is 2.26. The van der Waals surface area contributed by atoms with Gasteiger partial charge in [-0.05, 0) is 61.0 Å². The van der Waals surface area contributed by atoms with Crippen LogP contribution in [0.2, 0.25) is 0 Å². The number of hydrogen-bond donors (Lipinski definition) is 3. The smallest absolute Gasteiger partial charge is 0.262 e. The summed E-state index contributed by atoms with van der Waals surface area (Å²) in [6, 6.07) is 17.3. The van der Waals surface area contributed by atoms with Crippen LogP contribution in [0.1, 0.15) is 15.9 Å². The minimum absolute atomic E-state index is 0.0285. The average Bonchev–Trinajstić information content (AvgIpc) is 2.83. The molecule has 3 rings (SSSR count). The van der Waals surface area contributed by atoms with Gasteiger partial charge < -0.3 is 20.1 Å². The Hall–Kier alpha value is -4.05. The van der Waals surface area contributed by atoms with Crippen LogP contribution in [-0.2, 0) is 14.8 Å². The summed E-state index contributed by atoms with van der Waals surface area (Å²) >= 11 is 0. The lowest BCUT2D eigenvalue weighted by Crippen LogP contribution is -2.33. The lowest BCUT2D eigenvalue weighted by molar-refractivity contribution is -0.115. The molecule has 34 heavy (non-hydrogen) atoms. The minimum atomic E-state index is -3.90. The van der Waals surface area contributed by atoms with Crippen LogP contribution >= 0.6 is 0 Å². The first kappa shape index (κ1) is 24.6. The van der Waals surface area contributed by atoms with Crippen molar-refractivity contribution in [2.24, 2.45) is 0 Å². The molecule has 178 valence electrons. The molecule has 0 heterocycles. The zero-order valence-electron chi connectivity index (χ0n) is 18.9. The Morgan fingerprint density at radius 2 is 1.50 bits per heavy atom. The van der Waals surface area contributed by atoms with E-state index in [-0.39, 0.29) is 17.0 Å². The molecule has 3 N–H and O–H groups in total. The molecule has 0 bridgehead atoms. The molecule has 0 unspecified atom stereocenters. The minimum Gasteiger partial charge on any atom is -0.495 e. The molecule has 0 fully saturated rings. The number of carbonyl (C=O) groups is 2. The number of amides is 2. The van der Waals surface area contributed by atoms with Gasteiger partial charge in [0.05, 0.1) is 37.0 Å². The number of benzene rings is 3. The third kappa shape index (κ3) is 6.04. The van der Waals surface area contributed by atoms with Crippen molar-refractivity contribution in [3.63, 3.8) is 0 Å². The summed E-state index contributed by atoms with van der Waals surface area (Å²) in [6.07, 6.45) is 0. The van der Waals surface area contributed by atoms with Crippen molar-refractivity contribution < 1.29 is 27.5 Å². The van der Waals surface area contributed by atoms with E-state index in [4.69, 9.17) is 9.47 Å². The van der Waals surface area contributed by atoms with Gasteiger partial charge in [0.1, 0.15) is 11.5 Å². The fourth-order valence-corrected chi connectivity index (χ4v) is 4.17. The molecule has 2 amide bonds. The third-order valence-electron chi connectivity index (χ3n) is 4.82. The molecule has 0 aliphatic heterocycles. The van der Waals surface area contributed by atoms with E-state index in [1.807, 2.05) is 13.0 Å². The molecule has 9 nitrogen and oxygen atoms in total. The number of methoxy groups -OCH3 is 2. The lowest BCUT2D eigenvalue weighted by Gasteiger charge is -2.12. The monoisotopic (exact) mass is 483 g/mol. The van der Waals surface area contributed by atoms with Gasteiger partial charge in [0.25, 0.3) is 15.9 Å². The van der Waals surface area contributed by atoms with Gasteiger partial charge in [-0.3, -0.25) is 14.3 Å². The van der Waals surface area contributed by atoms with Crippen molar-refractivity contribution in [2.45, 2.75) is 11.8 Å². The average molecular weight is 484 g/mol. The summed E-state index contributed by atoms with van der Waals surface area (Å²) < 4.78 is 38.2. The maximum atomic E-state index is 12.7. The van der Waals surface area contributed by atoms with Gasteiger partial charge in [-0.1, -0.05) is 18.2 Å². The van der Waals surface area contributed by atoms with Crippen molar-refractivity contribution in [3.05, 3.63) is 77.9 Å². The summed E-state index contributed by atoms with van der Waals surface area (Å²) in [5.41, 5.74) is 1.94. The Balaban J connectivity index is 1.61. The molecule has 0 saturated heterocycles. The molecule has 3 aromatic carbocycles. The Morgan fingerprint density at radius 1 is 0.853 bits per heavy atom. The number of para-hydroxylation sites is 2. The second-order valence-corrected chi connectivity index (χ2v) is 8.95. The molecule has 10 heteroatoms. The summed E-state index contributed by atoms with van der Waals surface area (Å²) in [5, 5.41) is 5.20. The molecule has 0 aliphatic rings. The summed E-state index contributed by atoms with van der Waals surface area (Å²) in [7, 11) is -0.956. The van der Waals surface area contributed by atoms with Crippen LogP contribution in [0.4, 0.5) is 11.4 Å². The number of ether oxygens (including phenoxy) is 2. The molecule has 3 aromatic rings. The number of carbonyl (C=O) groups excluding carboxylic acids is 2. The Kier molecular flexibility index (Phi) is 7.75. The quantitative estimate of drug-likeness (QED) is 0.430. The molecular weight excluding hydrogens is 458 g/mol. The van der Waals surface area contributed by atoms with Crippen molar-refractivity contribution in [3.8, 4) is 11.5 Å². The zero-order valence-corrected chi connectivity index (χ0v) is 19.7. The van der Waals surface area contributed by atoms with E-state index in [0.717, 1.165) is 5.56 Å². The van der Waals surface area contributed by atoms with Crippen LogP contribution in [0.3, 0.4) is 0 Å². The summed E-state index contributed by atoms with van der Waals surface area (Å²) in [6.45, 7) is 1.61. The first-order chi connectivity index (χ1) is 16.2. The largest absolute Gasteiger partial charge is 0.495 e. The van der Waals surface area contributed by atoms with Crippen LogP contribution in [0.15, 0.2) is 71.6 Å². The van der Waals surface area contributed by atoms with E-state index < -0.39 is 21.8 Å². The van der Waals surface area contributed by atoms with Gasteiger partial charge in [-0.2, -0.15) is 0 Å². The number of aryl methyl sites for hydroxylation is 1. The van der Waals surface area contributed by atoms with Gasteiger partial charge in [-0.15, -0.1) is 0 Å². The topological polar surface area (TPSA) is 123 Å². The molecule has 0 radical (unpaired) electrons. The van der Waals surface area contributed by atoms with Crippen molar-refractivity contribution in [1.82, 2.24) is 5.32 Å². The maximum absolute atomic E-state index is 12.7. The van der Waals surface area contributed by atoms with Gasteiger partial charge in [0.2, 0.25) is 5.91 Å². The standard InChI is InChI=1S/C24H25N3O6S/c1-16-8-13-22(33-3)20(14-16)26-23(28)15-25-24(29)17-9-11-18(12-10-17)34(30,31)27-19-6-4-5-7-21(19)32-2/h4-14,27H,15H2,1-3H3,(H,25,29)(H,26,28). The predicted molar refractivity (Wildman–Crippen MR) is 129 cm³/mol. The van der Waals surface area contributed by atoms with Crippen molar-refractivity contribution in [2.75, 3.05) is 30.8 Å². The summed E-state index contributed by atoms with van der Waals surface area (Å²) in [4.78, 5) is 24.6. The van der Waals surface area contributed by atoms with E-state index in [1.165, 1.54) is 38.5 Å². The lowest BCUT2D eigenvalue weighted by atomic mass is 10.2. The Morgan fingerprint density at radius 3 is 2.18 bits per heavy atom. The van der Waals surface area contributed by atoms with Crippen molar-refractivity contribution in [1.29, 1.82) is 0 Å². The van der Waals surface area contributed by atoms with Gasteiger partial charge in [-0.25, -0.2) is 8.42 Å². The number of nitrogens with one attached hydrogen (secondary N) is 3. The number of hydrogen-bond acceptors (Lipinski definition) is 6. The normalized spacial score (nSPS) is 10.8. The Bertz CT molecular complexity index is 1290. The first-order valence-corrected chi connectivity index (χ1v) is 11.7. The molecule has 0 aromatic heterocycles. The predicted octanol–water partition coefficient (Wildman–Crippen LogP) is 3.18. The van der Waals surface area contributed by atoms with Crippen LogP contribution in [0, 0.1) is 6.92 Å². The van der Waals surface area contributed by atoms with Gasteiger partial charge in [0, 0.05) is 5.56 Å². The molecule has 0 atom stereocenters. The Labute approximate surface area is 198 Å². The highest BCUT2D eigenvalue weighted by molar-refractivity contribution is 7.92. The van der Waals surface area contributed by atoms with E-state index in [2.05, 4.69) is 15.4 Å². The molecule has 0 spiro atoms. The van der Waals surface area contributed by atoms with Crippen LogP contribution in [0.5, 0.6) is 11.5 Å². The maximum Gasteiger partial charge on any atom is 0.262 e. The fourth-order valence-electron chi connectivity index (χ4n) is 3.09. The van der Waals surface area contributed by atoms with Crippen molar-refractivity contribution >= 4 is 33.2 Å². The third-order valence-corrected chi connectivity index (χ3v) is 6.20. The number of sulfonamides is 1. The van der Waals surface area contributed by atoms with Gasteiger partial charge in [0.15, 0.2) is 0 Å². The van der Waals surface area contributed by atoms with E-state index in [0.29, 0.717) is 22.9 Å². The highest BCUT2D eigenvalue weighted by atomic mass is 32.2. The number of anilines is 2. The van der Waals surface area contributed by atoms with Crippen LogP contribution in [0.25, 0.3) is 0 Å². The summed E-state index contributed by atoms with van der Waals surface area (Å²) in [5.74, 6) is -0.0714. The number of rotatable bonds is 9.